The van der Waals surface area contributed by atoms with Crippen molar-refractivity contribution in [2.24, 2.45) is 11.5 Å². The van der Waals surface area contributed by atoms with E-state index in [1.807, 2.05) is 12.1 Å². The van der Waals surface area contributed by atoms with Crippen LogP contribution < -0.4 is 22.1 Å². The van der Waals surface area contributed by atoms with Gasteiger partial charge in [-0.05, 0) is 36.8 Å². The van der Waals surface area contributed by atoms with Crippen LogP contribution in [0.25, 0.3) is 10.9 Å². The zero-order valence-electron chi connectivity index (χ0n) is 15.1. The molecule has 2 amide bonds. The van der Waals surface area contributed by atoms with Gasteiger partial charge < -0.3 is 22.1 Å². The highest BCUT2D eigenvalue weighted by Gasteiger charge is 2.20. The molecule has 2 aromatic heterocycles. The standard InChI is InChI=1S/C19H19FN6O2/c1-2-14(17(22)28)25-19-13(20)9-12(16(21)27)18(26-19)24-11-5-6-15-10(8-11)4-3-7-23-15/h3-9,14H,2H2,1H3,(H2,21,27)(H2,22,28)(H2,24,25,26). The first kappa shape index (κ1) is 19.0. The van der Waals surface area contributed by atoms with Gasteiger partial charge in [-0.3, -0.25) is 14.6 Å². The van der Waals surface area contributed by atoms with Crippen molar-refractivity contribution in [1.82, 2.24) is 9.97 Å². The number of halogens is 1. The number of nitrogens with one attached hydrogen (secondary N) is 2. The van der Waals surface area contributed by atoms with Gasteiger partial charge in [-0.25, -0.2) is 9.37 Å². The predicted molar refractivity (Wildman–Crippen MR) is 105 cm³/mol. The molecular formula is C19H19FN6O2. The quantitative estimate of drug-likeness (QED) is 0.495. The Morgan fingerprint density at radius 2 is 1.96 bits per heavy atom. The minimum Gasteiger partial charge on any atom is -0.368 e. The number of benzene rings is 1. The van der Waals surface area contributed by atoms with E-state index in [1.165, 1.54) is 0 Å². The van der Waals surface area contributed by atoms with Gasteiger partial charge in [0.05, 0.1) is 11.1 Å². The fraction of sp³-hybridized carbons (Fsp3) is 0.158. The van der Waals surface area contributed by atoms with Crippen LogP contribution in [0.1, 0.15) is 23.7 Å². The number of rotatable bonds is 7. The molecular weight excluding hydrogens is 363 g/mol. The third kappa shape index (κ3) is 3.98. The molecule has 0 saturated carbocycles. The average Bonchev–Trinajstić information content (AvgIpc) is 2.67. The van der Waals surface area contributed by atoms with Gasteiger partial charge in [-0.2, -0.15) is 0 Å². The predicted octanol–water partition coefficient (Wildman–Crippen LogP) is 2.29. The van der Waals surface area contributed by atoms with Crippen molar-refractivity contribution >= 4 is 40.0 Å². The third-order valence-corrected chi connectivity index (χ3v) is 4.17. The van der Waals surface area contributed by atoms with Gasteiger partial charge in [0.1, 0.15) is 11.9 Å². The Morgan fingerprint density at radius 1 is 1.18 bits per heavy atom. The summed E-state index contributed by atoms with van der Waals surface area (Å²) in [7, 11) is 0. The number of anilines is 3. The van der Waals surface area contributed by atoms with Gasteiger partial charge in [0.25, 0.3) is 5.91 Å². The highest BCUT2D eigenvalue weighted by atomic mass is 19.1. The molecule has 8 nitrogen and oxygen atoms in total. The molecule has 0 bridgehead atoms. The molecule has 3 aromatic rings. The monoisotopic (exact) mass is 382 g/mol. The lowest BCUT2D eigenvalue weighted by molar-refractivity contribution is -0.118. The summed E-state index contributed by atoms with van der Waals surface area (Å²) in [5, 5.41) is 6.50. The molecule has 0 spiro atoms. The number of carbonyl (C=O) groups is 2. The Morgan fingerprint density at radius 3 is 2.64 bits per heavy atom. The van der Waals surface area contributed by atoms with E-state index < -0.39 is 23.7 Å². The zero-order valence-corrected chi connectivity index (χ0v) is 15.1. The first-order chi connectivity index (χ1) is 13.4. The van der Waals surface area contributed by atoms with Gasteiger partial charge in [-0.15, -0.1) is 0 Å². The maximum absolute atomic E-state index is 14.4. The van der Waals surface area contributed by atoms with Crippen molar-refractivity contribution in [1.29, 1.82) is 0 Å². The van der Waals surface area contributed by atoms with Crippen LogP contribution in [0.3, 0.4) is 0 Å². The summed E-state index contributed by atoms with van der Waals surface area (Å²) in [5.41, 5.74) is 11.9. The molecule has 1 atom stereocenters. The van der Waals surface area contributed by atoms with Crippen LogP contribution >= 0.6 is 0 Å². The molecule has 6 N–H and O–H groups in total. The second kappa shape index (κ2) is 7.87. The van der Waals surface area contributed by atoms with Gasteiger partial charge in [0, 0.05) is 17.3 Å². The summed E-state index contributed by atoms with van der Waals surface area (Å²) < 4.78 is 14.4. The normalized spacial score (nSPS) is 11.8. The lowest BCUT2D eigenvalue weighted by Gasteiger charge is -2.17. The van der Waals surface area contributed by atoms with E-state index in [0.717, 1.165) is 17.0 Å². The second-order valence-corrected chi connectivity index (χ2v) is 6.12. The van der Waals surface area contributed by atoms with E-state index in [0.29, 0.717) is 12.1 Å². The number of pyridine rings is 2. The molecule has 1 unspecified atom stereocenters. The molecule has 9 heteroatoms. The first-order valence-corrected chi connectivity index (χ1v) is 8.57. The fourth-order valence-corrected chi connectivity index (χ4v) is 2.70. The minimum atomic E-state index is -0.843. The van der Waals surface area contributed by atoms with E-state index in [4.69, 9.17) is 11.5 Å². The smallest absolute Gasteiger partial charge is 0.252 e. The number of carbonyl (C=O) groups excluding carboxylic acids is 2. The van der Waals surface area contributed by atoms with Crippen LogP contribution in [-0.2, 0) is 4.79 Å². The molecule has 0 aliphatic carbocycles. The zero-order chi connectivity index (χ0) is 20.3. The maximum atomic E-state index is 14.4. The molecule has 0 fully saturated rings. The van der Waals surface area contributed by atoms with Crippen LogP contribution in [0.15, 0.2) is 42.6 Å². The molecule has 0 radical (unpaired) electrons. The number of fused-ring (bicyclic) bond motifs is 1. The largest absolute Gasteiger partial charge is 0.368 e. The molecule has 0 aliphatic heterocycles. The van der Waals surface area contributed by atoms with Crippen molar-refractivity contribution in [3.05, 3.63) is 54.0 Å². The fourth-order valence-electron chi connectivity index (χ4n) is 2.70. The Balaban J connectivity index is 2.00. The van der Waals surface area contributed by atoms with E-state index in [-0.39, 0.29) is 17.2 Å². The summed E-state index contributed by atoms with van der Waals surface area (Å²) in [4.78, 5) is 31.5. The lowest BCUT2D eigenvalue weighted by atomic mass is 10.1. The summed E-state index contributed by atoms with van der Waals surface area (Å²) in [6, 6.07) is 9.20. The van der Waals surface area contributed by atoms with Crippen molar-refractivity contribution in [3.63, 3.8) is 0 Å². The Kier molecular flexibility index (Phi) is 5.35. The van der Waals surface area contributed by atoms with E-state index in [2.05, 4.69) is 20.6 Å². The molecule has 0 saturated heterocycles. The molecule has 1 aromatic carbocycles. The highest BCUT2D eigenvalue weighted by molar-refractivity contribution is 5.99. The van der Waals surface area contributed by atoms with Crippen LogP contribution in [0.4, 0.5) is 21.7 Å². The minimum absolute atomic E-state index is 0.0546. The summed E-state index contributed by atoms with van der Waals surface area (Å²) in [5.74, 6) is -2.45. The Hall–Kier alpha value is -3.75. The first-order valence-electron chi connectivity index (χ1n) is 8.57. The molecule has 2 heterocycles. The number of nitrogens with two attached hydrogens (primary N) is 2. The number of nitrogens with zero attached hydrogens (tertiary/aromatic N) is 2. The van der Waals surface area contributed by atoms with Crippen LogP contribution in [-0.4, -0.2) is 27.8 Å². The number of hydrogen-bond donors (Lipinski definition) is 4. The van der Waals surface area contributed by atoms with Gasteiger partial charge in [-0.1, -0.05) is 13.0 Å². The number of primary amides is 2. The van der Waals surface area contributed by atoms with E-state index >= 15 is 0 Å². The lowest BCUT2D eigenvalue weighted by Crippen LogP contribution is -2.35. The van der Waals surface area contributed by atoms with Crippen LogP contribution in [0, 0.1) is 5.82 Å². The summed E-state index contributed by atoms with van der Waals surface area (Å²) in [6.45, 7) is 1.72. The van der Waals surface area contributed by atoms with Gasteiger partial charge in [0.15, 0.2) is 11.6 Å². The topological polar surface area (TPSA) is 136 Å². The molecule has 3 rings (SSSR count). The van der Waals surface area contributed by atoms with Gasteiger partial charge in [0.2, 0.25) is 5.91 Å². The van der Waals surface area contributed by atoms with Crippen molar-refractivity contribution in [2.75, 3.05) is 10.6 Å². The van der Waals surface area contributed by atoms with Crippen molar-refractivity contribution < 1.29 is 14.0 Å². The van der Waals surface area contributed by atoms with Gasteiger partial charge >= 0.3 is 0 Å². The van der Waals surface area contributed by atoms with Crippen molar-refractivity contribution in [2.45, 2.75) is 19.4 Å². The summed E-state index contributed by atoms with van der Waals surface area (Å²) >= 11 is 0. The van der Waals surface area contributed by atoms with E-state index in [1.54, 1.807) is 31.3 Å². The van der Waals surface area contributed by atoms with Crippen LogP contribution in [0.2, 0.25) is 0 Å². The SMILES string of the molecule is CCC(Nc1nc(Nc2ccc3ncccc3c2)c(C(N)=O)cc1F)C(N)=O. The Labute approximate surface area is 160 Å². The third-order valence-electron chi connectivity index (χ3n) is 4.17. The average molecular weight is 382 g/mol. The van der Waals surface area contributed by atoms with Crippen LogP contribution in [0.5, 0.6) is 0 Å². The number of aromatic nitrogens is 2. The summed E-state index contributed by atoms with van der Waals surface area (Å²) in [6.07, 6.45) is 2.03. The van der Waals surface area contributed by atoms with E-state index in [9.17, 15) is 14.0 Å². The number of hydrogen-bond acceptors (Lipinski definition) is 6. The molecule has 0 aliphatic rings. The number of amides is 2. The Bertz CT molecular complexity index is 1060. The highest BCUT2D eigenvalue weighted by Crippen LogP contribution is 2.26. The second-order valence-electron chi connectivity index (χ2n) is 6.12. The maximum Gasteiger partial charge on any atom is 0.252 e. The molecule has 28 heavy (non-hydrogen) atoms. The van der Waals surface area contributed by atoms with Crippen molar-refractivity contribution in [3.8, 4) is 0 Å². The molecule has 144 valence electrons.